The number of hydrogen-bond donors (Lipinski definition) is 1. The Bertz CT molecular complexity index is 575. The van der Waals surface area contributed by atoms with Crippen molar-refractivity contribution in [1.29, 1.82) is 0 Å². The van der Waals surface area contributed by atoms with Crippen LogP contribution in [-0.4, -0.2) is 47.6 Å². The summed E-state index contributed by atoms with van der Waals surface area (Å²) in [7, 11) is 0. The predicted molar refractivity (Wildman–Crippen MR) is 85.3 cm³/mol. The number of ether oxygens (including phenoxy) is 1. The van der Waals surface area contributed by atoms with Gasteiger partial charge in [0, 0.05) is 6.61 Å². The highest BCUT2D eigenvalue weighted by Gasteiger charge is 2.30. The lowest BCUT2D eigenvalue weighted by molar-refractivity contribution is -0.133. The first-order valence-corrected chi connectivity index (χ1v) is 8.81. The van der Waals surface area contributed by atoms with E-state index in [1.54, 1.807) is 12.1 Å². The smallest absolute Gasteiger partial charge is 0.240 e. The molecular formula is C16H19FN2O3S. The number of rotatable bonds is 5. The van der Waals surface area contributed by atoms with E-state index in [2.05, 4.69) is 5.32 Å². The predicted octanol–water partition coefficient (Wildman–Crippen LogP) is 1.69. The molecule has 0 radical (unpaired) electrons. The zero-order valence-electron chi connectivity index (χ0n) is 12.7. The number of carbonyl (C=O) groups excluding carboxylic acids is 2. The van der Waals surface area contributed by atoms with Crippen molar-refractivity contribution in [3.8, 4) is 0 Å². The highest BCUT2D eigenvalue weighted by molar-refractivity contribution is 8.00. The number of nitrogens with zero attached hydrogens (tertiary/aromatic N) is 1. The van der Waals surface area contributed by atoms with Crippen LogP contribution in [0.1, 0.15) is 24.4 Å². The molecule has 0 unspecified atom stereocenters. The summed E-state index contributed by atoms with van der Waals surface area (Å²) in [5, 5.41) is 2.95. The van der Waals surface area contributed by atoms with E-state index < -0.39 is 0 Å². The van der Waals surface area contributed by atoms with Gasteiger partial charge >= 0.3 is 0 Å². The molecule has 5 nitrogen and oxygen atoms in total. The van der Waals surface area contributed by atoms with E-state index in [1.165, 1.54) is 28.8 Å². The number of thioether (sulfide) groups is 1. The maximum Gasteiger partial charge on any atom is 0.240 e. The van der Waals surface area contributed by atoms with Crippen molar-refractivity contribution in [2.45, 2.75) is 25.0 Å². The Morgan fingerprint density at radius 1 is 1.43 bits per heavy atom. The van der Waals surface area contributed by atoms with Gasteiger partial charge < -0.3 is 15.0 Å². The molecule has 1 N–H and O–H groups in total. The standard InChI is InChI=1S/C16H19FN2O3S/c17-12-5-3-11(4-6-12)16(13-2-1-7-22-13)18-14(20)8-19-10-23-9-15(19)21/h3-6,13,16H,1-2,7-10H2,(H,18,20)/t13-,16+/m0/s1. The lowest BCUT2D eigenvalue weighted by Crippen LogP contribution is -2.42. The van der Waals surface area contributed by atoms with Crippen molar-refractivity contribution in [3.63, 3.8) is 0 Å². The monoisotopic (exact) mass is 338 g/mol. The summed E-state index contributed by atoms with van der Waals surface area (Å²) >= 11 is 1.50. The minimum absolute atomic E-state index is 0.0133. The highest BCUT2D eigenvalue weighted by atomic mass is 32.2. The molecule has 0 saturated carbocycles. The molecule has 0 bridgehead atoms. The largest absolute Gasteiger partial charge is 0.376 e. The topological polar surface area (TPSA) is 58.6 Å². The summed E-state index contributed by atoms with van der Waals surface area (Å²) in [6.45, 7) is 0.718. The molecule has 23 heavy (non-hydrogen) atoms. The molecule has 7 heteroatoms. The molecule has 124 valence electrons. The average molecular weight is 338 g/mol. The quantitative estimate of drug-likeness (QED) is 0.888. The molecular weight excluding hydrogens is 319 g/mol. The summed E-state index contributed by atoms with van der Waals surface area (Å²) in [6.07, 6.45) is 1.67. The van der Waals surface area contributed by atoms with Crippen LogP contribution in [0.4, 0.5) is 4.39 Å². The van der Waals surface area contributed by atoms with Gasteiger partial charge in [-0.2, -0.15) is 0 Å². The Kier molecular flexibility index (Phi) is 5.17. The fourth-order valence-electron chi connectivity index (χ4n) is 2.86. The van der Waals surface area contributed by atoms with E-state index in [-0.39, 0.29) is 36.3 Å². The SMILES string of the molecule is O=C(CN1CSCC1=O)N[C@H](c1ccc(F)cc1)[C@@H]1CCCO1. The van der Waals surface area contributed by atoms with Gasteiger partial charge in [-0.25, -0.2) is 4.39 Å². The van der Waals surface area contributed by atoms with Gasteiger partial charge in [0.1, 0.15) is 12.4 Å². The van der Waals surface area contributed by atoms with Crippen molar-refractivity contribution >= 4 is 23.6 Å². The van der Waals surface area contributed by atoms with Crippen molar-refractivity contribution in [1.82, 2.24) is 10.2 Å². The Morgan fingerprint density at radius 2 is 2.22 bits per heavy atom. The minimum atomic E-state index is -0.323. The van der Waals surface area contributed by atoms with Gasteiger partial charge in [0.2, 0.25) is 11.8 Å². The second-order valence-corrected chi connectivity index (χ2v) is 6.67. The Labute approximate surface area is 138 Å². The Hall–Kier alpha value is -1.60. The minimum Gasteiger partial charge on any atom is -0.376 e. The molecule has 0 spiro atoms. The van der Waals surface area contributed by atoms with Crippen LogP contribution in [0.2, 0.25) is 0 Å². The molecule has 0 aromatic heterocycles. The summed E-state index contributed by atoms with van der Waals surface area (Å²) in [5.41, 5.74) is 0.814. The molecule has 0 aliphatic carbocycles. The first kappa shape index (κ1) is 16.3. The zero-order valence-corrected chi connectivity index (χ0v) is 13.5. The molecule has 2 heterocycles. The van der Waals surface area contributed by atoms with E-state index in [4.69, 9.17) is 4.74 Å². The van der Waals surface area contributed by atoms with Gasteiger partial charge in [0.15, 0.2) is 0 Å². The molecule has 1 aromatic rings. The summed E-state index contributed by atoms with van der Waals surface area (Å²) in [6, 6.07) is 5.77. The van der Waals surface area contributed by atoms with Gasteiger partial charge in [-0.3, -0.25) is 9.59 Å². The second kappa shape index (κ2) is 7.31. The van der Waals surface area contributed by atoms with Crippen LogP contribution in [0.15, 0.2) is 24.3 Å². The first-order valence-electron chi connectivity index (χ1n) is 7.65. The number of amides is 2. The van der Waals surface area contributed by atoms with Crippen molar-refractivity contribution in [3.05, 3.63) is 35.6 Å². The van der Waals surface area contributed by atoms with E-state index >= 15 is 0 Å². The zero-order chi connectivity index (χ0) is 16.2. The molecule has 2 saturated heterocycles. The average Bonchev–Trinajstić information content (AvgIpc) is 3.19. The summed E-state index contributed by atoms with van der Waals surface area (Å²) in [4.78, 5) is 25.5. The normalized spacial score (nSPS) is 22.4. The van der Waals surface area contributed by atoms with Crippen LogP contribution in [-0.2, 0) is 14.3 Å². The lowest BCUT2D eigenvalue weighted by Gasteiger charge is -2.26. The third-order valence-corrected chi connectivity index (χ3v) is 4.99. The highest BCUT2D eigenvalue weighted by Crippen LogP contribution is 2.27. The number of hydrogen-bond acceptors (Lipinski definition) is 4. The van der Waals surface area contributed by atoms with Gasteiger partial charge in [-0.05, 0) is 30.5 Å². The molecule has 2 atom stereocenters. The molecule has 3 rings (SSSR count). The van der Waals surface area contributed by atoms with Crippen LogP contribution < -0.4 is 5.32 Å². The van der Waals surface area contributed by atoms with Gasteiger partial charge in [0.25, 0.3) is 0 Å². The van der Waals surface area contributed by atoms with Crippen LogP contribution in [0.5, 0.6) is 0 Å². The number of halogens is 1. The van der Waals surface area contributed by atoms with Crippen LogP contribution in [0.3, 0.4) is 0 Å². The number of carbonyl (C=O) groups is 2. The molecule has 2 aliphatic rings. The summed E-state index contributed by atoms with van der Waals surface area (Å²) < 4.78 is 18.8. The third kappa shape index (κ3) is 4.03. The fraction of sp³-hybridized carbons (Fsp3) is 0.500. The molecule has 1 aromatic carbocycles. The van der Waals surface area contributed by atoms with Crippen LogP contribution in [0.25, 0.3) is 0 Å². The first-order chi connectivity index (χ1) is 11.1. The van der Waals surface area contributed by atoms with E-state index in [0.29, 0.717) is 18.2 Å². The second-order valence-electron chi connectivity index (χ2n) is 5.72. The molecule has 2 aliphatic heterocycles. The fourth-order valence-corrected chi connectivity index (χ4v) is 3.76. The van der Waals surface area contributed by atoms with Crippen LogP contribution in [0, 0.1) is 5.82 Å². The van der Waals surface area contributed by atoms with Gasteiger partial charge in [0.05, 0.1) is 23.8 Å². The third-order valence-electron chi connectivity index (χ3n) is 4.04. The van der Waals surface area contributed by atoms with Gasteiger partial charge in [-0.15, -0.1) is 11.8 Å². The van der Waals surface area contributed by atoms with Crippen molar-refractivity contribution in [2.75, 3.05) is 24.8 Å². The Balaban J connectivity index is 1.69. The van der Waals surface area contributed by atoms with E-state index in [0.717, 1.165) is 18.4 Å². The lowest BCUT2D eigenvalue weighted by atomic mass is 9.99. The van der Waals surface area contributed by atoms with Crippen LogP contribution >= 0.6 is 11.8 Å². The van der Waals surface area contributed by atoms with E-state index in [9.17, 15) is 14.0 Å². The molecule has 2 fully saturated rings. The molecule has 2 amide bonds. The maximum absolute atomic E-state index is 13.1. The summed E-state index contributed by atoms with van der Waals surface area (Å²) in [5.74, 6) is 0.436. The van der Waals surface area contributed by atoms with Gasteiger partial charge in [-0.1, -0.05) is 12.1 Å². The van der Waals surface area contributed by atoms with E-state index in [1.807, 2.05) is 0 Å². The van der Waals surface area contributed by atoms with Crippen molar-refractivity contribution in [2.24, 2.45) is 0 Å². The maximum atomic E-state index is 13.1. The Morgan fingerprint density at radius 3 is 2.83 bits per heavy atom. The number of benzene rings is 1. The number of nitrogens with one attached hydrogen (secondary N) is 1. The van der Waals surface area contributed by atoms with Crippen molar-refractivity contribution < 1.29 is 18.7 Å².